The third-order valence-corrected chi connectivity index (χ3v) is 3.22. The molecule has 1 aromatic carbocycles. The van der Waals surface area contributed by atoms with Crippen LogP contribution in [-0.2, 0) is 6.54 Å². The summed E-state index contributed by atoms with van der Waals surface area (Å²) in [5.74, 6) is 0. The largest absolute Gasteiger partial charge is 0.379 e. The van der Waals surface area contributed by atoms with Crippen LogP contribution < -0.4 is 5.32 Å². The summed E-state index contributed by atoms with van der Waals surface area (Å²) >= 11 is 5.79. The van der Waals surface area contributed by atoms with Gasteiger partial charge in [0.25, 0.3) is 5.69 Å². The zero-order valence-electron chi connectivity index (χ0n) is 11.2. The molecule has 0 radical (unpaired) electrons. The van der Waals surface area contributed by atoms with Crippen LogP contribution >= 0.6 is 11.6 Å². The van der Waals surface area contributed by atoms with E-state index >= 15 is 0 Å². The summed E-state index contributed by atoms with van der Waals surface area (Å²) in [5.41, 5.74) is 3.28. The van der Waals surface area contributed by atoms with Gasteiger partial charge in [0.1, 0.15) is 5.15 Å². The van der Waals surface area contributed by atoms with E-state index < -0.39 is 0 Å². The normalized spacial score (nSPS) is 10.3. The highest BCUT2D eigenvalue weighted by molar-refractivity contribution is 6.29. The predicted molar refractivity (Wildman–Crippen MR) is 79.1 cm³/mol. The average Bonchev–Trinajstić information content (AvgIpc) is 2.39. The smallest absolute Gasteiger partial charge is 0.272 e. The van der Waals surface area contributed by atoms with Crippen molar-refractivity contribution in [3.63, 3.8) is 0 Å². The topological polar surface area (TPSA) is 68.1 Å². The Morgan fingerprint density at radius 1 is 1.30 bits per heavy atom. The molecule has 0 bridgehead atoms. The maximum atomic E-state index is 10.9. The average molecular weight is 292 g/mol. The van der Waals surface area contributed by atoms with E-state index in [4.69, 9.17) is 11.6 Å². The SMILES string of the molecule is Cc1ccc(CNc2ccc(Cl)nc2C)cc1[N+](=O)[O-]. The third-order valence-electron chi connectivity index (χ3n) is 3.01. The molecule has 1 N–H and O–H groups in total. The van der Waals surface area contributed by atoms with Crippen LogP contribution in [0.5, 0.6) is 0 Å². The Morgan fingerprint density at radius 3 is 2.70 bits per heavy atom. The molecule has 0 saturated heterocycles. The molecule has 104 valence electrons. The summed E-state index contributed by atoms with van der Waals surface area (Å²) < 4.78 is 0. The van der Waals surface area contributed by atoms with E-state index in [-0.39, 0.29) is 10.6 Å². The van der Waals surface area contributed by atoms with Gasteiger partial charge in [-0.2, -0.15) is 0 Å². The van der Waals surface area contributed by atoms with Crippen molar-refractivity contribution in [3.05, 3.63) is 62.4 Å². The van der Waals surface area contributed by atoms with E-state index in [9.17, 15) is 10.1 Å². The van der Waals surface area contributed by atoms with Gasteiger partial charge in [-0.15, -0.1) is 0 Å². The zero-order chi connectivity index (χ0) is 14.7. The molecule has 0 amide bonds. The molecule has 0 atom stereocenters. The van der Waals surface area contributed by atoms with E-state index in [1.165, 1.54) is 0 Å². The molecule has 0 aliphatic carbocycles. The number of hydrogen-bond donors (Lipinski definition) is 1. The molecule has 1 heterocycles. The quantitative estimate of drug-likeness (QED) is 0.527. The first-order valence-electron chi connectivity index (χ1n) is 6.08. The van der Waals surface area contributed by atoms with Crippen molar-refractivity contribution >= 4 is 23.0 Å². The first-order valence-corrected chi connectivity index (χ1v) is 6.46. The molecule has 0 saturated carbocycles. The van der Waals surface area contributed by atoms with Gasteiger partial charge in [0.05, 0.1) is 16.3 Å². The van der Waals surface area contributed by atoms with Crippen molar-refractivity contribution in [2.75, 3.05) is 5.32 Å². The number of rotatable bonds is 4. The van der Waals surface area contributed by atoms with E-state index in [2.05, 4.69) is 10.3 Å². The van der Waals surface area contributed by atoms with Gasteiger partial charge in [-0.05, 0) is 31.5 Å². The van der Waals surface area contributed by atoms with Crippen LogP contribution in [0.3, 0.4) is 0 Å². The van der Waals surface area contributed by atoms with Crippen LogP contribution in [0, 0.1) is 24.0 Å². The molecule has 0 aliphatic rings. The molecule has 2 aromatic rings. The van der Waals surface area contributed by atoms with Crippen molar-refractivity contribution in [2.45, 2.75) is 20.4 Å². The van der Waals surface area contributed by atoms with Gasteiger partial charge < -0.3 is 5.32 Å². The number of hydrogen-bond acceptors (Lipinski definition) is 4. The second-order valence-corrected chi connectivity index (χ2v) is 4.89. The molecule has 0 spiro atoms. The Morgan fingerprint density at radius 2 is 2.05 bits per heavy atom. The van der Waals surface area contributed by atoms with Gasteiger partial charge >= 0.3 is 0 Å². The Balaban J connectivity index is 2.15. The molecule has 20 heavy (non-hydrogen) atoms. The highest BCUT2D eigenvalue weighted by Crippen LogP contribution is 2.21. The maximum Gasteiger partial charge on any atom is 0.272 e. The Kier molecular flexibility index (Phi) is 4.20. The van der Waals surface area contributed by atoms with Crippen LogP contribution in [0.15, 0.2) is 30.3 Å². The van der Waals surface area contributed by atoms with Gasteiger partial charge in [0, 0.05) is 18.2 Å². The molecule has 2 rings (SSSR count). The Hall–Kier alpha value is -2.14. The second-order valence-electron chi connectivity index (χ2n) is 4.50. The van der Waals surface area contributed by atoms with E-state index in [0.717, 1.165) is 16.9 Å². The number of nitrogens with one attached hydrogen (secondary N) is 1. The van der Waals surface area contributed by atoms with Crippen molar-refractivity contribution < 1.29 is 4.92 Å². The fourth-order valence-electron chi connectivity index (χ4n) is 1.88. The standard InChI is InChI=1S/C14H14ClN3O2/c1-9-3-4-11(7-13(9)18(19)20)8-16-12-5-6-14(15)17-10(12)2/h3-7,16H,8H2,1-2H3. The molecular weight excluding hydrogens is 278 g/mol. The monoisotopic (exact) mass is 291 g/mol. The van der Waals surface area contributed by atoms with Crippen LogP contribution in [0.1, 0.15) is 16.8 Å². The van der Waals surface area contributed by atoms with E-state index in [1.54, 1.807) is 25.1 Å². The molecule has 0 aliphatic heterocycles. The first-order chi connectivity index (χ1) is 9.47. The molecule has 6 heteroatoms. The lowest BCUT2D eigenvalue weighted by atomic mass is 10.1. The summed E-state index contributed by atoms with van der Waals surface area (Å²) in [6, 6.07) is 8.75. The third kappa shape index (κ3) is 3.24. The van der Waals surface area contributed by atoms with Gasteiger partial charge in [0.15, 0.2) is 0 Å². The minimum Gasteiger partial charge on any atom is -0.379 e. The minimum atomic E-state index is -0.367. The first kappa shape index (κ1) is 14.3. The zero-order valence-corrected chi connectivity index (χ0v) is 11.9. The fraction of sp³-hybridized carbons (Fsp3) is 0.214. The van der Waals surface area contributed by atoms with Gasteiger partial charge in [-0.25, -0.2) is 4.98 Å². The lowest BCUT2D eigenvalue weighted by molar-refractivity contribution is -0.385. The number of halogens is 1. The molecule has 0 fully saturated rings. The van der Waals surface area contributed by atoms with Crippen LogP contribution in [0.25, 0.3) is 0 Å². The highest BCUT2D eigenvalue weighted by Gasteiger charge is 2.11. The predicted octanol–water partition coefficient (Wildman–Crippen LogP) is 3.87. The van der Waals surface area contributed by atoms with Gasteiger partial charge in [-0.1, -0.05) is 23.7 Å². The van der Waals surface area contributed by atoms with Crippen LogP contribution in [0.4, 0.5) is 11.4 Å². The number of pyridine rings is 1. The van der Waals surface area contributed by atoms with Gasteiger partial charge in [-0.3, -0.25) is 10.1 Å². The van der Waals surface area contributed by atoms with Crippen LogP contribution in [0.2, 0.25) is 5.15 Å². The number of nitrogens with zero attached hydrogens (tertiary/aromatic N) is 2. The van der Waals surface area contributed by atoms with E-state index in [1.807, 2.05) is 19.1 Å². The van der Waals surface area contributed by atoms with Gasteiger partial charge in [0.2, 0.25) is 0 Å². The van der Waals surface area contributed by atoms with Crippen molar-refractivity contribution in [1.82, 2.24) is 4.98 Å². The van der Waals surface area contributed by atoms with Crippen molar-refractivity contribution in [2.24, 2.45) is 0 Å². The summed E-state index contributed by atoms with van der Waals surface area (Å²) in [6.45, 7) is 4.07. The summed E-state index contributed by atoms with van der Waals surface area (Å²) in [5, 5.41) is 14.5. The lowest BCUT2D eigenvalue weighted by Crippen LogP contribution is -2.03. The van der Waals surface area contributed by atoms with E-state index in [0.29, 0.717) is 17.3 Å². The second kappa shape index (κ2) is 5.88. The fourth-order valence-corrected chi connectivity index (χ4v) is 2.07. The maximum absolute atomic E-state index is 10.9. The number of aryl methyl sites for hydroxylation is 2. The molecule has 0 unspecified atom stereocenters. The number of nitro groups is 1. The number of benzene rings is 1. The van der Waals surface area contributed by atoms with Crippen molar-refractivity contribution in [1.29, 1.82) is 0 Å². The Bertz CT molecular complexity index is 659. The Labute approximate surface area is 121 Å². The summed E-state index contributed by atoms with van der Waals surface area (Å²) in [4.78, 5) is 14.7. The molecule has 1 aromatic heterocycles. The molecular formula is C14H14ClN3O2. The highest BCUT2D eigenvalue weighted by atomic mass is 35.5. The summed E-state index contributed by atoms with van der Waals surface area (Å²) in [6.07, 6.45) is 0. The number of aromatic nitrogens is 1. The number of anilines is 1. The minimum absolute atomic E-state index is 0.134. The number of nitro benzene ring substituents is 1. The van der Waals surface area contributed by atoms with Crippen LogP contribution in [-0.4, -0.2) is 9.91 Å². The lowest BCUT2D eigenvalue weighted by Gasteiger charge is -2.09. The summed E-state index contributed by atoms with van der Waals surface area (Å²) in [7, 11) is 0. The van der Waals surface area contributed by atoms with Crippen molar-refractivity contribution in [3.8, 4) is 0 Å². The molecule has 5 nitrogen and oxygen atoms in total.